The summed E-state index contributed by atoms with van der Waals surface area (Å²) in [6, 6.07) is 5.17. The number of nitrogens with zero attached hydrogens (tertiary/aromatic N) is 6. The van der Waals surface area contributed by atoms with Gasteiger partial charge in [0.25, 0.3) is 0 Å². The van der Waals surface area contributed by atoms with E-state index in [2.05, 4.69) is 36.5 Å². The summed E-state index contributed by atoms with van der Waals surface area (Å²) in [5, 5.41) is 29.2. The number of aromatic nitrogens is 2. The van der Waals surface area contributed by atoms with Crippen LogP contribution < -0.4 is 10.6 Å². The molecule has 6 unspecified atom stereocenters. The van der Waals surface area contributed by atoms with E-state index in [4.69, 9.17) is 41.3 Å². The Morgan fingerprint density at radius 3 is 1.60 bits per heavy atom. The number of carbonyl (C=O) groups is 4. The van der Waals surface area contributed by atoms with E-state index in [1.807, 2.05) is 0 Å². The number of aliphatic carboxylic acids is 2. The first-order chi connectivity index (χ1) is 34.5. The lowest BCUT2D eigenvalue weighted by Gasteiger charge is -2.31. The molecule has 6 atom stereocenters. The molecule has 0 amide bonds. The largest absolute Gasteiger partial charge is 0.478 e. The molecule has 2 fully saturated rings. The Hall–Kier alpha value is -6.11. The molecule has 4 N–H and O–H groups in total. The van der Waals surface area contributed by atoms with E-state index in [9.17, 15) is 36.7 Å². The van der Waals surface area contributed by atoms with Crippen molar-refractivity contribution in [3.63, 3.8) is 0 Å². The van der Waals surface area contributed by atoms with Gasteiger partial charge in [-0.15, -0.1) is 22.7 Å². The zero-order chi connectivity index (χ0) is 51.6. The predicted octanol–water partition coefficient (Wildman–Crippen LogP) is 7.90. The maximum absolute atomic E-state index is 14.4. The van der Waals surface area contributed by atoms with Crippen molar-refractivity contribution in [1.29, 1.82) is 0 Å². The van der Waals surface area contributed by atoms with Crippen LogP contribution in [0.5, 0.6) is 0 Å². The third-order valence-electron chi connectivity index (χ3n) is 11.5. The number of alkyl halides is 2. The number of nitrogens with one attached hydrogen (secondary N) is 2. The molecule has 72 heavy (non-hydrogen) atoms. The van der Waals surface area contributed by atoms with Gasteiger partial charge in [0, 0.05) is 100 Å². The van der Waals surface area contributed by atoms with Crippen LogP contribution in [0.15, 0.2) is 121 Å². The van der Waals surface area contributed by atoms with Crippen LogP contribution >= 0.6 is 50.2 Å². The molecule has 6 heterocycles. The van der Waals surface area contributed by atoms with Gasteiger partial charge >= 0.3 is 23.9 Å². The Morgan fingerprint density at radius 2 is 1.19 bits per heavy atom. The summed E-state index contributed by atoms with van der Waals surface area (Å²) in [6.45, 7) is 3.85. The van der Waals surface area contributed by atoms with E-state index in [1.54, 1.807) is 52.9 Å². The second-order valence-electron chi connectivity index (χ2n) is 16.3. The lowest BCUT2D eigenvalue weighted by molar-refractivity contribution is -0.139. The van der Waals surface area contributed by atoms with Gasteiger partial charge in [-0.25, -0.2) is 46.7 Å². The van der Waals surface area contributed by atoms with Crippen LogP contribution in [0, 0.1) is 11.6 Å². The van der Waals surface area contributed by atoms with Crippen LogP contribution in [-0.4, -0.2) is 129 Å². The molecule has 0 spiro atoms. The van der Waals surface area contributed by atoms with Crippen molar-refractivity contribution in [2.75, 3.05) is 39.4 Å². The SMILES string of the molecule is CCOC(=O)C1=C(CN2CC(F)CC2/C=C/C(=O)O)NC(c2nccs2)=NC1c1ccc(F)cc1Br.CCOC(=O)C1=C(CN2CC(F)CC2/C=C/C(=O)O)NC(c2nccs2)=NC1c1ccc(F)cc1Cl. The predicted molar refractivity (Wildman–Crippen MR) is 265 cm³/mol. The standard InChI is InChI=1S/C24H23BrF2N4O4S.C24H23ClF2N4O4S/c2*1-2-35-24(34)20-18(12-31-11-14(27)9-15(31)4-6-19(32)33)29-22(23-28-7-8-36-23)30-21(20)16-5-3-13(26)10-17(16)25/h2*3-8,10,14-15,21H,2,9,11-12H2,1H3,(H,29,30)(H,32,33)/b2*6-4+. The van der Waals surface area contributed by atoms with Crippen molar-refractivity contribution in [1.82, 2.24) is 30.4 Å². The first kappa shape index (κ1) is 53.7. The van der Waals surface area contributed by atoms with Crippen molar-refractivity contribution >= 4 is 85.8 Å². The topological polar surface area (TPSA) is 208 Å². The Balaban J connectivity index is 0.000000211. The van der Waals surface area contributed by atoms with Crippen LogP contribution in [0.25, 0.3) is 0 Å². The zero-order valence-electron chi connectivity index (χ0n) is 38.3. The number of carbonyl (C=O) groups excluding carboxylic acids is 2. The summed E-state index contributed by atoms with van der Waals surface area (Å²) >= 11 is 12.4. The third kappa shape index (κ3) is 13.3. The molecule has 0 bridgehead atoms. The van der Waals surface area contributed by atoms with E-state index in [-0.39, 0.29) is 68.4 Å². The number of aliphatic imine (C=N–C) groups is 2. The lowest BCUT2D eigenvalue weighted by atomic mass is 9.95. The molecule has 16 nitrogen and oxygen atoms in total. The molecular formula is C48H46BrClF4N8O8S2. The van der Waals surface area contributed by atoms with E-state index in [0.29, 0.717) is 48.7 Å². The lowest BCUT2D eigenvalue weighted by Crippen LogP contribution is -2.41. The summed E-state index contributed by atoms with van der Waals surface area (Å²) in [5.41, 5.74) is 2.10. The molecule has 0 saturated carbocycles. The monoisotopic (exact) mass is 1120 g/mol. The molecule has 4 aliphatic heterocycles. The first-order valence-corrected chi connectivity index (χ1v) is 25.2. The van der Waals surface area contributed by atoms with Gasteiger partial charge in [0.05, 0.1) is 24.4 Å². The molecule has 4 aliphatic rings. The molecule has 8 rings (SSSR count). The van der Waals surface area contributed by atoms with Crippen molar-refractivity contribution in [2.45, 2.75) is 63.2 Å². The van der Waals surface area contributed by atoms with Gasteiger partial charge in [0.2, 0.25) is 0 Å². The average molecular weight is 1120 g/mol. The highest BCUT2D eigenvalue weighted by molar-refractivity contribution is 9.10. The van der Waals surface area contributed by atoms with Crippen LogP contribution in [-0.2, 0) is 28.7 Å². The van der Waals surface area contributed by atoms with Gasteiger partial charge in [-0.1, -0.05) is 51.8 Å². The summed E-state index contributed by atoms with van der Waals surface area (Å²) in [5.74, 6) is -3.75. The van der Waals surface area contributed by atoms with Crippen LogP contribution in [0.3, 0.4) is 0 Å². The molecule has 4 aromatic rings. The second kappa shape index (κ2) is 24.5. The quantitative estimate of drug-likeness (QED) is 0.0478. The molecule has 2 aromatic carbocycles. The molecule has 0 radical (unpaired) electrons. The number of ether oxygens (including phenoxy) is 2. The van der Waals surface area contributed by atoms with Crippen molar-refractivity contribution < 1.29 is 56.4 Å². The Kier molecular flexibility index (Phi) is 18.3. The molecule has 2 saturated heterocycles. The van der Waals surface area contributed by atoms with Gasteiger partial charge < -0.3 is 30.3 Å². The fraction of sp³-hybridized carbons (Fsp3) is 0.333. The number of likely N-dealkylation sites (tertiary alicyclic amines) is 2. The smallest absolute Gasteiger partial charge is 0.338 e. The Morgan fingerprint density at radius 1 is 0.750 bits per heavy atom. The van der Waals surface area contributed by atoms with Crippen LogP contribution in [0.1, 0.15) is 59.9 Å². The number of amidine groups is 2. The number of hydrogen-bond donors (Lipinski definition) is 4. The second-order valence-corrected chi connectivity index (χ2v) is 19.3. The van der Waals surface area contributed by atoms with Crippen molar-refractivity contribution in [3.8, 4) is 0 Å². The fourth-order valence-electron chi connectivity index (χ4n) is 8.44. The van der Waals surface area contributed by atoms with E-state index in [0.717, 1.165) is 18.2 Å². The number of esters is 2. The van der Waals surface area contributed by atoms with Crippen molar-refractivity contribution in [3.05, 3.63) is 149 Å². The van der Waals surface area contributed by atoms with Crippen LogP contribution in [0.4, 0.5) is 17.6 Å². The summed E-state index contributed by atoms with van der Waals surface area (Å²) < 4.78 is 67.5. The average Bonchev–Trinajstić information content (AvgIpc) is 4.17. The van der Waals surface area contributed by atoms with E-state index < -0.39 is 72.0 Å². The van der Waals surface area contributed by atoms with Crippen LogP contribution in [0.2, 0.25) is 5.02 Å². The highest BCUT2D eigenvalue weighted by Gasteiger charge is 2.40. The summed E-state index contributed by atoms with van der Waals surface area (Å²) in [7, 11) is 0. The van der Waals surface area contributed by atoms with Gasteiger partial charge in [-0.3, -0.25) is 19.8 Å². The van der Waals surface area contributed by atoms with Gasteiger partial charge in [-0.2, -0.15) is 0 Å². The third-order valence-corrected chi connectivity index (χ3v) is 14.0. The molecule has 380 valence electrons. The highest BCUT2D eigenvalue weighted by atomic mass is 79.9. The maximum atomic E-state index is 14.4. The molecular weight excluding hydrogens is 1070 g/mol. The number of halogens is 6. The number of thiazole rings is 2. The number of hydrogen-bond acceptors (Lipinski definition) is 16. The normalized spacial score (nSPS) is 22.6. The Bertz CT molecular complexity index is 2660. The number of carboxylic acid groups (broad SMARTS) is 2. The van der Waals surface area contributed by atoms with Crippen molar-refractivity contribution in [2.24, 2.45) is 9.98 Å². The van der Waals surface area contributed by atoms with Gasteiger partial charge in [-0.05, 0) is 56.5 Å². The van der Waals surface area contributed by atoms with Gasteiger partial charge in [0.15, 0.2) is 21.7 Å². The number of carboxylic acids is 2. The minimum atomic E-state index is -1.17. The zero-order valence-corrected chi connectivity index (χ0v) is 42.3. The fourth-order valence-corrected chi connectivity index (χ4v) is 10.5. The maximum Gasteiger partial charge on any atom is 0.338 e. The minimum Gasteiger partial charge on any atom is -0.478 e. The van der Waals surface area contributed by atoms with Gasteiger partial charge in [0.1, 0.15) is 36.1 Å². The molecule has 0 aliphatic carbocycles. The Labute approximate surface area is 431 Å². The number of benzene rings is 2. The highest BCUT2D eigenvalue weighted by Crippen LogP contribution is 2.39. The molecule has 2 aromatic heterocycles. The van der Waals surface area contributed by atoms with E-state index >= 15 is 0 Å². The van der Waals surface area contributed by atoms with E-state index in [1.165, 1.54) is 59.1 Å². The number of rotatable bonds is 16. The summed E-state index contributed by atoms with van der Waals surface area (Å²) in [4.78, 5) is 70.0. The minimum absolute atomic E-state index is 0.0433. The first-order valence-electron chi connectivity index (χ1n) is 22.3. The summed E-state index contributed by atoms with van der Waals surface area (Å²) in [6.07, 6.45) is 6.00. The molecule has 24 heteroatoms.